The van der Waals surface area contributed by atoms with Crippen LogP contribution in [0.5, 0.6) is 17.2 Å². The van der Waals surface area contributed by atoms with Crippen LogP contribution in [0.3, 0.4) is 0 Å². The number of rotatable bonds is 10. The maximum Gasteiger partial charge on any atom is 0.283 e. The lowest BCUT2D eigenvalue weighted by Crippen LogP contribution is -2.32. The second kappa shape index (κ2) is 10.00. The Morgan fingerprint density at radius 1 is 1.03 bits per heavy atom. The molecule has 0 bridgehead atoms. The summed E-state index contributed by atoms with van der Waals surface area (Å²) in [5.41, 5.74) is 0.928. The largest absolute Gasteiger partial charge is 0.493 e. The van der Waals surface area contributed by atoms with Crippen molar-refractivity contribution in [1.82, 2.24) is 10.0 Å². The van der Waals surface area contributed by atoms with Crippen molar-refractivity contribution < 1.29 is 24.5 Å². The molecule has 30 heavy (non-hydrogen) atoms. The van der Waals surface area contributed by atoms with Crippen LogP contribution in [-0.4, -0.2) is 55.1 Å². The van der Waals surface area contributed by atoms with Crippen molar-refractivity contribution in [3.8, 4) is 17.2 Å². The lowest BCUT2D eigenvalue weighted by molar-refractivity contribution is 0.107. The average molecular weight is 414 g/mol. The minimum Gasteiger partial charge on any atom is -0.493 e. The second-order valence-corrected chi connectivity index (χ2v) is 6.78. The molecular weight excluding hydrogens is 388 g/mol. The van der Waals surface area contributed by atoms with E-state index in [1.54, 1.807) is 38.5 Å². The van der Waals surface area contributed by atoms with E-state index in [0.717, 1.165) is 12.0 Å². The highest BCUT2D eigenvalue weighted by Gasteiger charge is 2.10. The molecule has 8 nitrogen and oxygen atoms in total. The Hall–Kier alpha value is -3.23. The van der Waals surface area contributed by atoms with Crippen molar-refractivity contribution >= 4 is 10.9 Å². The van der Waals surface area contributed by atoms with E-state index < -0.39 is 11.7 Å². The number of ether oxygens (including phenoxy) is 3. The van der Waals surface area contributed by atoms with Crippen LogP contribution in [-0.2, 0) is 6.42 Å². The van der Waals surface area contributed by atoms with Crippen molar-refractivity contribution in [3.05, 3.63) is 64.4 Å². The molecule has 0 radical (unpaired) electrons. The molecule has 1 heterocycles. The second-order valence-electron chi connectivity index (χ2n) is 6.78. The van der Waals surface area contributed by atoms with Gasteiger partial charge in [0.25, 0.3) is 5.56 Å². The molecule has 1 atom stereocenters. The summed E-state index contributed by atoms with van der Waals surface area (Å²) in [6.07, 6.45) is 0.0522. The molecule has 0 saturated heterocycles. The van der Waals surface area contributed by atoms with Gasteiger partial charge in [-0.25, -0.2) is 0 Å². The number of aromatic nitrogens is 1. The molecule has 0 aliphatic carbocycles. The van der Waals surface area contributed by atoms with E-state index in [0.29, 0.717) is 46.0 Å². The average Bonchev–Trinajstić information content (AvgIpc) is 2.77. The van der Waals surface area contributed by atoms with Gasteiger partial charge in [-0.15, -0.1) is 4.73 Å². The summed E-state index contributed by atoms with van der Waals surface area (Å²) in [7, 11) is 3.20. The minimum absolute atomic E-state index is 0.0764. The number of pyridine rings is 1. The zero-order chi connectivity index (χ0) is 21.5. The highest BCUT2D eigenvalue weighted by molar-refractivity contribution is 5.85. The summed E-state index contributed by atoms with van der Waals surface area (Å²) in [5, 5.41) is 23.8. The van der Waals surface area contributed by atoms with E-state index in [1.165, 1.54) is 6.07 Å². The number of fused-ring (bicyclic) bond motifs is 1. The van der Waals surface area contributed by atoms with Crippen molar-refractivity contribution in [3.63, 3.8) is 0 Å². The van der Waals surface area contributed by atoms with E-state index in [2.05, 4.69) is 5.32 Å². The van der Waals surface area contributed by atoms with Gasteiger partial charge in [-0.2, -0.15) is 0 Å². The standard InChI is InChI=1S/C22H26N2O6/c1-28-20-8-6-15(12-21(20)29-2)10-11-23-13-16(25)14-30-19-5-3-4-18-17(19)7-9-22(26)24(18)27/h3-9,12,16,23,25,27H,10-11,13-14H2,1-2H3. The fourth-order valence-corrected chi connectivity index (χ4v) is 3.14. The summed E-state index contributed by atoms with van der Waals surface area (Å²) in [6.45, 7) is 1.12. The van der Waals surface area contributed by atoms with Crippen molar-refractivity contribution in [2.75, 3.05) is 33.9 Å². The van der Waals surface area contributed by atoms with Gasteiger partial charge in [-0.3, -0.25) is 4.79 Å². The topological polar surface area (TPSA) is 102 Å². The van der Waals surface area contributed by atoms with Crippen LogP contribution >= 0.6 is 0 Å². The molecule has 0 aliphatic rings. The van der Waals surface area contributed by atoms with Crippen molar-refractivity contribution in [2.24, 2.45) is 0 Å². The number of hydrogen-bond donors (Lipinski definition) is 3. The van der Waals surface area contributed by atoms with Gasteiger partial charge in [0.2, 0.25) is 0 Å². The number of aliphatic hydroxyl groups excluding tert-OH is 1. The van der Waals surface area contributed by atoms with Gasteiger partial charge >= 0.3 is 0 Å². The molecule has 0 aliphatic heterocycles. The molecule has 0 amide bonds. The monoisotopic (exact) mass is 414 g/mol. The Bertz CT molecular complexity index is 1050. The third-order valence-electron chi connectivity index (χ3n) is 4.72. The Labute approximate surface area is 174 Å². The first-order chi connectivity index (χ1) is 14.5. The van der Waals surface area contributed by atoms with Gasteiger partial charge in [-0.05, 0) is 48.9 Å². The fraction of sp³-hybridized carbons (Fsp3) is 0.318. The fourth-order valence-electron chi connectivity index (χ4n) is 3.14. The van der Waals surface area contributed by atoms with Crippen LogP contribution in [0.1, 0.15) is 5.56 Å². The molecule has 1 aromatic heterocycles. The smallest absolute Gasteiger partial charge is 0.283 e. The van der Waals surface area contributed by atoms with Gasteiger partial charge in [0, 0.05) is 18.0 Å². The Kier molecular flexibility index (Phi) is 7.16. The number of nitrogens with one attached hydrogen (secondary N) is 1. The van der Waals surface area contributed by atoms with Crippen molar-refractivity contribution in [1.29, 1.82) is 0 Å². The zero-order valence-corrected chi connectivity index (χ0v) is 17.0. The number of benzene rings is 2. The van der Waals surface area contributed by atoms with Crippen LogP contribution in [0.15, 0.2) is 53.3 Å². The number of hydrogen-bond acceptors (Lipinski definition) is 7. The van der Waals surface area contributed by atoms with Crippen LogP contribution in [0.25, 0.3) is 10.9 Å². The molecule has 0 spiro atoms. The Balaban J connectivity index is 1.48. The summed E-state index contributed by atoms with van der Waals surface area (Å²) in [4.78, 5) is 11.5. The van der Waals surface area contributed by atoms with Gasteiger partial charge in [0.05, 0.1) is 19.7 Å². The van der Waals surface area contributed by atoms with E-state index in [4.69, 9.17) is 14.2 Å². The highest BCUT2D eigenvalue weighted by Crippen LogP contribution is 2.27. The first-order valence-corrected chi connectivity index (χ1v) is 9.60. The van der Waals surface area contributed by atoms with Gasteiger partial charge < -0.3 is 29.8 Å². The third kappa shape index (κ3) is 5.03. The van der Waals surface area contributed by atoms with Crippen LogP contribution < -0.4 is 25.1 Å². The lowest BCUT2D eigenvalue weighted by Gasteiger charge is -2.15. The molecule has 1 unspecified atom stereocenters. The summed E-state index contributed by atoms with van der Waals surface area (Å²) in [6, 6.07) is 13.7. The SMILES string of the molecule is COc1ccc(CCNCC(O)COc2cccc3c2ccc(=O)n3O)cc1OC. The van der Waals surface area contributed by atoms with Gasteiger partial charge in [-0.1, -0.05) is 12.1 Å². The molecule has 0 saturated carbocycles. The van der Waals surface area contributed by atoms with Gasteiger partial charge in [0.15, 0.2) is 11.5 Å². The first-order valence-electron chi connectivity index (χ1n) is 9.60. The third-order valence-corrected chi connectivity index (χ3v) is 4.72. The summed E-state index contributed by atoms with van der Waals surface area (Å²) < 4.78 is 16.8. The highest BCUT2D eigenvalue weighted by atomic mass is 16.5. The van der Waals surface area contributed by atoms with E-state index in [9.17, 15) is 15.1 Å². The molecular formula is C22H26N2O6. The van der Waals surface area contributed by atoms with Crippen LogP contribution in [0.2, 0.25) is 0 Å². The van der Waals surface area contributed by atoms with Crippen molar-refractivity contribution in [2.45, 2.75) is 12.5 Å². The Morgan fingerprint density at radius 2 is 1.83 bits per heavy atom. The Morgan fingerprint density at radius 3 is 2.60 bits per heavy atom. The number of nitrogens with zero attached hydrogens (tertiary/aromatic N) is 1. The van der Waals surface area contributed by atoms with Crippen LogP contribution in [0, 0.1) is 0 Å². The van der Waals surface area contributed by atoms with Crippen LogP contribution in [0.4, 0.5) is 0 Å². The molecule has 3 N–H and O–H groups in total. The first kappa shape index (κ1) is 21.5. The number of aliphatic hydroxyl groups is 1. The number of methoxy groups -OCH3 is 2. The summed E-state index contributed by atoms with van der Waals surface area (Å²) >= 11 is 0. The molecule has 3 aromatic rings. The van der Waals surface area contributed by atoms with E-state index in [1.807, 2.05) is 18.2 Å². The zero-order valence-electron chi connectivity index (χ0n) is 17.0. The quantitative estimate of drug-likeness (QED) is 0.344. The molecule has 2 aromatic carbocycles. The maximum absolute atomic E-state index is 11.5. The molecule has 3 rings (SSSR count). The lowest BCUT2D eigenvalue weighted by atomic mass is 10.1. The predicted molar refractivity (Wildman–Crippen MR) is 113 cm³/mol. The van der Waals surface area contributed by atoms with Gasteiger partial charge in [0.1, 0.15) is 18.5 Å². The molecule has 0 fully saturated rings. The summed E-state index contributed by atoms with van der Waals surface area (Å²) in [5.74, 6) is 1.86. The minimum atomic E-state index is -0.717. The van der Waals surface area contributed by atoms with E-state index >= 15 is 0 Å². The molecule has 160 valence electrons. The van der Waals surface area contributed by atoms with E-state index in [-0.39, 0.29) is 6.61 Å². The normalized spacial score (nSPS) is 12.0. The maximum atomic E-state index is 11.5. The predicted octanol–water partition coefficient (Wildman–Crippen LogP) is 1.83. The molecule has 8 heteroatoms.